The molecule has 0 amide bonds. The molecule has 7 rings (SSSR count). The summed E-state index contributed by atoms with van der Waals surface area (Å²) in [6.07, 6.45) is 2.94. The predicted octanol–water partition coefficient (Wildman–Crippen LogP) is 5.88. The Labute approximate surface area is 164 Å². The van der Waals surface area contributed by atoms with Crippen LogP contribution in [0.5, 0.6) is 0 Å². The van der Waals surface area contributed by atoms with Gasteiger partial charge in [0.2, 0.25) is 0 Å². The SMILES string of the molecule is c1ccc2c(c1)CC1=C2C2(c3ccccc31)c1ccccc1-c1ncccc12. The molecule has 0 saturated heterocycles. The molecule has 28 heavy (non-hydrogen) atoms. The van der Waals surface area contributed by atoms with E-state index in [9.17, 15) is 0 Å². The van der Waals surface area contributed by atoms with Gasteiger partial charge >= 0.3 is 0 Å². The Morgan fingerprint density at radius 1 is 0.607 bits per heavy atom. The number of pyridine rings is 1. The van der Waals surface area contributed by atoms with E-state index in [1.54, 1.807) is 0 Å². The number of rotatable bonds is 0. The van der Waals surface area contributed by atoms with Crippen LogP contribution in [0.2, 0.25) is 0 Å². The number of fused-ring (bicyclic) bond motifs is 11. The van der Waals surface area contributed by atoms with Crippen LogP contribution in [-0.2, 0) is 11.8 Å². The second kappa shape index (κ2) is 4.88. The van der Waals surface area contributed by atoms with Crippen molar-refractivity contribution < 1.29 is 0 Å². The largest absolute Gasteiger partial charge is 0.256 e. The van der Waals surface area contributed by atoms with E-state index >= 15 is 0 Å². The maximum absolute atomic E-state index is 4.84. The molecule has 3 aromatic carbocycles. The zero-order valence-electron chi connectivity index (χ0n) is 15.3. The first-order valence-electron chi connectivity index (χ1n) is 9.88. The third kappa shape index (κ3) is 1.46. The first kappa shape index (κ1) is 14.6. The van der Waals surface area contributed by atoms with Crippen LogP contribution in [0, 0.1) is 0 Å². The molecule has 0 radical (unpaired) electrons. The molecule has 3 aliphatic rings. The minimum Gasteiger partial charge on any atom is -0.256 e. The molecule has 1 aromatic heterocycles. The van der Waals surface area contributed by atoms with Crippen LogP contribution in [0.1, 0.15) is 33.4 Å². The normalized spacial score (nSPS) is 20.0. The lowest BCUT2D eigenvalue weighted by molar-refractivity contribution is 0.839. The summed E-state index contributed by atoms with van der Waals surface area (Å²) in [5.41, 5.74) is 13.5. The average molecular weight is 355 g/mol. The van der Waals surface area contributed by atoms with Gasteiger partial charge < -0.3 is 0 Å². The number of nitrogens with zero attached hydrogens (tertiary/aromatic N) is 1. The molecule has 1 nitrogen and oxygen atoms in total. The smallest absolute Gasteiger partial charge is 0.0753 e. The van der Waals surface area contributed by atoms with Crippen LogP contribution in [0.4, 0.5) is 0 Å². The third-order valence-electron chi connectivity index (χ3n) is 6.78. The maximum Gasteiger partial charge on any atom is 0.0753 e. The second-order valence-electron chi connectivity index (χ2n) is 7.93. The van der Waals surface area contributed by atoms with Crippen molar-refractivity contribution in [2.45, 2.75) is 11.8 Å². The highest BCUT2D eigenvalue weighted by Crippen LogP contribution is 2.66. The maximum atomic E-state index is 4.84. The van der Waals surface area contributed by atoms with Crippen molar-refractivity contribution in [1.82, 2.24) is 4.98 Å². The Balaban J connectivity index is 1.71. The quantitative estimate of drug-likeness (QED) is 0.384. The van der Waals surface area contributed by atoms with Crippen LogP contribution >= 0.6 is 0 Å². The topological polar surface area (TPSA) is 12.9 Å². The third-order valence-corrected chi connectivity index (χ3v) is 6.78. The molecule has 130 valence electrons. The monoisotopic (exact) mass is 355 g/mol. The minimum absolute atomic E-state index is 0.251. The van der Waals surface area contributed by atoms with Crippen molar-refractivity contribution in [1.29, 1.82) is 0 Å². The van der Waals surface area contributed by atoms with Gasteiger partial charge in [-0.1, -0.05) is 78.9 Å². The van der Waals surface area contributed by atoms with Crippen LogP contribution in [0.3, 0.4) is 0 Å². The van der Waals surface area contributed by atoms with E-state index in [1.165, 1.54) is 50.1 Å². The Morgan fingerprint density at radius 3 is 2.11 bits per heavy atom. The molecule has 4 aromatic rings. The van der Waals surface area contributed by atoms with Gasteiger partial charge in [-0.05, 0) is 57.0 Å². The Hall–Kier alpha value is -3.45. The highest BCUT2D eigenvalue weighted by molar-refractivity contribution is 6.12. The summed E-state index contributed by atoms with van der Waals surface area (Å²) in [5, 5.41) is 0. The molecule has 0 bridgehead atoms. The molecule has 0 fully saturated rings. The fourth-order valence-electron chi connectivity index (χ4n) is 5.87. The van der Waals surface area contributed by atoms with E-state index in [1.807, 2.05) is 6.20 Å². The molecule has 3 aliphatic carbocycles. The number of benzene rings is 3. The lowest BCUT2D eigenvalue weighted by Crippen LogP contribution is -2.26. The second-order valence-corrected chi connectivity index (χ2v) is 7.93. The lowest BCUT2D eigenvalue weighted by atomic mass is 9.68. The molecule has 0 saturated carbocycles. The van der Waals surface area contributed by atoms with Gasteiger partial charge in [0.15, 0.2) is 0 Å². The fraction of sp³-hybridized carbons (Fsp3) is 0.0741. The molecule has 0 N–H and O–H groups in total. The molecule has 0 aliphatic heterocycles. The van der Waals surface area contributed by atoms with Gasteiger partial charge in [-0.2, -0.15) is 0 Å². The number of aromatic nitrogens is 1. The number of allylic oxidation sites excluding steroid dienone is 2. The van der Waals surface area contributed by atoms with Gasteiger partial charge in [0, 0.05) is 11.8 Å². The summed E-state index contributed by atoms with van der Waals surface area (Å²) in [5.74, 6) is 0. The van der Waals surface area contributed by atoms with Crippen molar-refractivity contribution in [3.8, 4) is 11.3 Å². The van der Waals surface area contributed by atoms with Crippen LogP contribution in [-0.4, -0.2) is 4.98 Å². The van der Waals surface area contributed by atoms with Crippen molar-refractivity contribution in [2.75, 3.05) is 0 Å². The number of hydrogen-bond acceptors (Lipinski definition) is 1. The molecule has 1 atom stereocenters. The van der Waals surface area contributed by atoms with E-state index in [-0.39, 0.29) is 5.41 Å². The summed E-state index contributed by atoms with van der Waals surface area (Å²) in [4.78, 5) is 4.84. The molecule has 1 heterocycles. The molecular weight excluding hydrogens is 338 g/mol. The van der Waals surface area contributed by atoms with Crippen LogP contribution in [0.15, 0.2) is 91.1 Å². The van der Waals surface area contributed by atoms with Crippen molar-refractivity contribution in [2.24, 2.45) is 0 Å². The summed E-state index contributed by atoms with van der Waals surface area (Å²) in [6, 6.07) is 31.2. The van der Waals surface area contributed by atoms with Crippen molar-refractivity contribution in [3.63, 3.8) is 0 Å². The predicted molar refractivity (Wildman–Crippen MR) is 113 cm³/mol. The van der Waals surface area contributed by atoms with Gasteiger partial charge in [-0.25, -0.2) is 0 Å². The van der Waals surface area contributed by atoms with Crippen LogP contribution < -0.4 is 0 Å². The summed E-state index contributed by atoms with van der Waals surface area (Å²) in [6.45, 7) is 0. The molecule has 1 spiro atoms. The summed E-state index contributed by atoms with van der Waals surface area (Å²) in [7, 11) is 0. The van der Waals surface area contributed by atoms with Crippen LogP contribution in [0.25, 0.3) is 22.4 Å². The summed E-state index contributed by atoms with van der Waals surface area (Å²) < 4.78 is 0. The first-order chi connectivity index (χ1) is 13.9. The highest BCUT2D eigenvalue weighted by Gasteiger charge is 2.55. The van der Waals surface area contributed by atoms with E-state index < -0.39 is 0 Å². The van der Waals surface area contributed by atoms with Gasteiger partial charge in [0.05, 0.1) is 11.1 Å². The van der Waals surface area contributed by atoms with Gasteiger partial charge in [0.25, 0.3) is 0 Å². The van der Waals surface area contributed by atoms with E-state index in [0.717, 1.165) is 12.1 Å². The Morgan fingerprint density at radius 2 is 1.25 bits per heavy atom. The lowest BCUT2D eigenvalue weighted by Gasteiger charge is -2.32. The van der Waals surface area contributed by atoms with Gasteiger partial charge in [0.1, 0.15) is 0 Å². The molecule has 1 unspecified atom stereocenters. The van der Waals surface area contributed by atoms with E-state index in [0.29, 0.717) is 0 Å². The standard InChI is InChI=1S/C27H17N/c1-2-9-18-17(8-1)16-21-19-10-3-5-12-22(19)27(25(18)21)23-13-6-4-11-20(23)26-24(27)14-7-15-28-26/h1-15H,16H2. The number of hydrogen-bond donors (Lipinski definition) is 0. The van der Waals surface area contributed by atoms with Crippen molar-refractivity contribution >= 4 is 11.1 Å². The average Bonchev–Trinajstić information content (AvgIpc) is 3.37. The Kier molecular flexibility index (Phi) is 2.54. The first-order valence-corrected chi connectivity index (χ1v) is 9.88. The van der Waals surface area contributed by atoms with E-state index in [2.05, 4.69) is 84.9 Å². The van der Waals surface area contributed by atoms with E-state index in [4.69, 9.17) is 4.98 Å². The fourth-order valence-corrected chi connectivity index (χ4v) is 5.87. The van der Waals surface area contributed by atoms with Crippen molar-refractivity contribution in [3.05, 3.63) is 125 Å². The van der Waals surface area contributed by atoms with Gasteiger partial charge in [-0.15, -0.1) is 0 Å². The zero-order chi connectivity index (χ0) is 18.3. The summed E-state index contributed by atoms with van der Waals surface area (Å²) >= 11 is 0. The Bertz CT molecular complexity index is 1300. The van der Waals surface area contributed by atoms with Gasteiger partial charge in [-0.3, -0.25) is 4.98 Å². The zero-order valence-corrected chi connectivity index (χ0v) is 15.3. The minimum atomic E-state index is -0.251. The highest BCUT2D eigenvalue weighted by atomic mass is 14.7. The molecule has 1 heteroatoms. The molecular formula is C27H17N.